The van der Waals surface area contributed by atoms with E-state index in [2.05, 4.69) is 25.4 Å². The van der Waals surface area contributed by atoms with Crippen LogP contribution in [0.3, 0.4) is 0 Å². The van der Waals surface area contributed by atoms with E-state index in [9.17, 15) is 13.2 Å². The van der Waals surface area contributed by atoms with E-state index >= 15 is 0 Å². The van der Waals surface area contributed by atoms with Crippen LogP contribution in [0, 0.1) is 11.3 Å². The SMILES string of the molecule is CCCc1cc(-c2nccc(C(F)(F)F)n2)cc(-c2nn[nH]c2C#N)c1. The molecular formula is C17H13F3N6. The molecule has 0 bridgehead atoms. The van der Waals surface area contributed by atoms with E-state index in [1.807, 2.05) is 19.1 Å². The van der Waals surface area contributed by atoms with Gasteiger partial charge in [-0.1, -0.05) is 18.6 Å². The van der Waals surface area contributed by atoms with E-state index in [4.69, 9.17) is 5.26 Å². The number of nitriles is 1. The molecular weight excluding hydrogens is 345 g/mol. The monoisotopic (exact) mass is 358 g/mol. The summed E-state index contributed by atoms with van der Waals surface area (Å²) in [5, 5.41) is 19.2. The molecule has 0 spiro atoms. The number of halogens is 3. The van der Waals surface area contributed by atoms with Crippen molar-refractivity contribution in [1.82, 2.24) is 25.4 Å². The van der Waals surface area contributed by atoms with Crippen molar-refractivity contribution in [3.05, 3.63) is 47.4 Å². The molecule has 9 heteroatoms. The molecule has 3 aromatic rings. The number of aryl methyl sites for hydroxylation is 1. The Morgan fingerprint density at radius 3 is 2.65 bits per heavy atom. The zero-order valence-electron chi connectivity index (χ0n) is 13.7. The fraction of sp³-hybridized carbons (Fsp3) is 0.235. The second-order valence-corrected chi connectivity index (χ2v) is 5.58. The van der Waals surface area contributed by atoms with Gasteiger partial charge in [0.1, 0.15) is 17.5 Å². The minimum absolute atomic E-state index is 0.0407. The summed E-state index contributed by atoms with van der Waals surface area (Å²) in [7, 11) is 0. The van der Waals surface area contributed by atoms with E-state index in [0.29, 0.717) is 23.2 Å². The Kier molecular flexibility index (Phi) is 4.67. The molecule has 0 aliphatic carbocycles. The fourth-order valence-corrected chi connectivity index (χ4v) is 2.55. The van der Waals surface area contributed by atoms with Crippen LogP contribution in [0.2, 0.25) is 0 Å². The maximum atomic E-state index is 12.9. The quantitative estimate of drug-likeness (QED) is 0.766. The molecule has 0 unspecified atom stereocenters. The number of aromatic nitrogens is 5. The van der Waals surface area contributed by atoms with E-state index in [0.717, 1.165) is 24.2 Å². The number of hydrogen-bond donors (Lipinski definition) is 1. The van der Waals surface area contributed by atoms with Crippen LogP contribution in [0.5, 0.6) is 0 Å². The van der Waals surface area contributed by atoms with Crippen LogP contribution in [-0.4, -0.2) is 25.4 Å². The van der Waals surface area contributed by atoms with Crippen LogP contribution in [0.4, 0.5) is 13.2 Å². The molecule has 0 saturated heterocycles. The van der Waals surface area contributed by atoms with Crippen LogP contribution >= 0.6 is 0 Å². The lowest BCUT2D eigenvalue weighted by molar-refractivity contribution is -0.141. The van der Waals surface area contributed by atoms with E-state index in [-0.39, 0.29) is 11.5 Å². The highest BCUT2D eigenvalue weighted by atomic mass is 19.4. The smallest absolute Gasteiger partial charge is 0.247 e. The Labute approximate surface area is 146 Å². The lowest BCUT2D eigenvalue weighted by Gasteiger charge is -2.10. The van der Waals surface area contributed by atoms with Crippen molar-refractivity contribution in [2.24, 2.45) is 0 Å². The van der Waals surface area contributed by atoms with Gasteiger partial charge in [-0.15, -0.1) is 5.10 Å². The molecule has 2 aromatic heterocycles. The zero-order chi connectivity index (χ0) is 18.7. The molecule has 0 fully saturated rings. The number of rotatable bonds is 4. The number of nitrogens with one attached hydrogen (secondary N) is 1. The number of aromatic amines is 1. The Morgan fingerprint density at radius 2 is 1.96 bits per heavy atom. The zero-order valence-corrected chi connectivity index (χ0v) is 13.7. The summed E-state index contributed by atoms with van der Waals surface area (Å²) >= 11 is 0. The number of hydrogen-bond acceptors (Lipinski definition) is 5. The van der Waals surface area contributed by atoms with Gasteiger partial charge in [0.25, 0.3) is 0 Å². The molecule has 132 valence electrons. The second-order valence-electron chi connectivity index (χ2n) is 5.58. The third-order valence-electron chi connectivity index (χ3n) is 3.67. The first kappa shape index (κ1) is 17.5. The highest BCUT2D eigenvalue weighted by Crippen LogP contribution is 2.31. The van der Waals surface area contributed by atoms with E-state index in [1.165, 1.54) is 0 Å². The maximum Gasteiger partial charge on any atom is 0.433 e. The highest BCUT2D eigenvalue weighted by molar-refractivity contribution is 5.71. The molecule has 6 nitrogen and oxygen atoms in total. The number of benzene rings is 1. The van der Waals surface area contributed by atoms with Crippen LogP contribution in [-0.2, 0) is 12.6 Å². The van der Waals surface area contributed by atoms with Gasteiger partial charge < -0.3 is 0 Å². The summed E-state index contributed by atoms with van der Waals surface area (Å²) in [6.07, 6.45) is -1.93. The van der Waals surface area contributed by atoms with E-state index in [1.54, 1.807) is 12.1 Å². The summed E-state index contributed by atoms with van der Waals surface area (Å²) in [5.41, 5.74) is 1.37. The van der Waals surface area contributed by atoms with Gasteiger partial charge in [-0.2, -0.15) is 18.4 Å². The van der Waals surface area contributed by atoms with Gasteiger partial charge in [-0.3, -0.25) is 0 Å². The van der Waals surface area contributed by atoms with Gasteiger partial charge in [-0.05, 0) is 36.2 Å². The predicted octanol–water partition coefficient (Wildman–Crippen LogP) is 3.77. The third-order valence-corrected chi connectivity index (χ3v) is 3.67. The molecule has 26 heavy (non-hydrogen) atoms. The van der Waals surface area contributed by atoms with Crippen LogP contribution in [0.1, 0.15) is 30.3 Å². The number of H-pyrrole nitrogens is 1. The molecule has 1 N–H and O–H groups in total. The molecule has 0 aliphatic rings. The summed E-state index contributed by atoms with van der Waals surface area (Å²) in [6.45, 7) is 1.99. The highest BCUT2D eigenvalue weighted by Gasteiger charge is 2.32. The molecule has 1 aromatic carbocycles. The largest absolute Gasteiger partial charge is 0.433 e. The number of alkyl halides is 3. The lowest BCUT2D eigenvalue weighted by Crippen LogP contribution is -2.09. The van der Waals surface area contributed by atoms with Crippen molar-refractivity contribution in [3.63, 3.8) is 0 Å². The third kappa shape index (κ3) is 3.54. The first-order chi connectivity index (χ1) is 12.4. The summed E-state index contributed by atoms with van der Waals surface area (Å²) in [6, 6.07) is 7.96. The Hall–Kier alpha value is -3.28. The van der Waals surface area contributed by atoms with Crippen molar-refractivity contribution in [3.8, 4) is 28.7 Å². The Morgan fingerprint density at radius 1 is 1.19 bits per heavy atom. The summed E-state index contributed by atoms with van der Waals surface area (Å²) < 4.78 is 38.8. The topological polar surface area (TPSA) is 91.1 Å². The van der Waals surface area contributed by atoms with Crippen molar-refractivity contribution < 1.29 is 13.2 Å². The average Bonchev–Trinajstić information content (AvgIpc) is 3.10. The molecule has 0 aliphatic heterocycles. The van der Waals surface area contributed by atoms with Gasteiger partial charge in [0, 0.05) is 17.3 Å². The summed E-state index contributed by atoms with van der Waals surface area (Å²) in [4.78, 5) is 7.60. The fourth-order valence-electron chi connectivity index (χ4n) is 2.55. The predicted molar refractivity (Wildman–Crippen MR) is 86.6 cm³/mol. The Bertz CT molecular complexity index is 971. The van der Waals surface area contributed by atoms with Crippen LogP contribution in [0.25, 0.3) is 22.6 Å². The van der Waals surface area contributed by atoms with Gasteiger partial charge in [-0.25, -0.2) is 15.1 Å². The van der Waals surface area contributed by atoms with Crippen LogP contribution in [0.15, 0.2) is 30.5 Å². The molecule has 0 saturated carbocycles. The molecule has 0 atom stereocenters. The minimum atomic E-state index is -4.55. The summed E-state index contributed by atoms with van der Waals surface area (Å²) in [5.74, 6) is -0.0407. The van der Waals surface area contributed by atoms with Crippen molar-refractivity contribution in [2.75, 3.05) is 0 Å². The molecule has 3 rings (SSSR count). The van der Waals surface area contributed by atoms with E-state index < -0.39 is 11.9 Å². The van der Waals surface area contributed by atoms with Crippen molar-refractivity contribution in [2.45, 2.75) is 25.9 Å². The van der Waals surface area contributed by atoms with Gasteiger partial charge in [0.15, 0.2) is 11.5 Å². The van der Waals surface area contributed by atoms with Crippen molar-refractivity contribution in [1.29, 1.82) is 5.26 Å². The minimum Gasteiger partial charge on any atom is -0.247 e. The number of nitrogens with zero attached hydrogens (tertiary/aromatic N) is 5. The first-order valence-electron chi connectivity index (χ1n) is 7.78. The van der Waals surface area contributed by atoms with Crippen molar-refractivity contribution >= 4 is 0 Å². The van der Waals surface area contributed by atoms with Crippen LogP contribution < -0.4 is 0 Å². The second kappa shape index (κ2) is 6.92. The lowest BCUT2D eigenvalue weighted by atomic mass is 9.99. The normalized spacial score (nSPS) is 11.3. The van der Waals surface area contributed by atoms with Gasteiger partial charge in [0.05, 0.1) is 0 Å². The molecule has 0 amide bonds. The molecule has 2 heterocycles. The molecule has 0 radical (unpaired) electrons. The van der Waals surface area contributed by atoms with Gasteiger partial charge in [0.2, 0.25) is 0 Å². The average molecular weight is 358 g/mol. The van der Waals surface area contributed by atoms with Gasteiger partial charge >= 0.3 is 6.18 Å². The Balaban J connectivity index is 2.15. The standard InChI is InChI=1S/C17H13F3N6/c1-2-3-10-6-11(15-13(9-21)24-26-25-15)8-12(7-10)16-22-5-4-14(23-16)17(18,19)20/h4-8H,2-3H2,1H3,(H,24,25,26). The maximum absolute atomic E-state index is 12.9. The first-order valence-corrected chi connectivity index (χ1v) is 7.78.